The lowest BCUT2D eigenvalue weighted by Gasteiger charge is -2.35. The summed E-state index contributed by atoms with van der Waals surface area (Å²) in [7, 11) is 0. The normalized spacial score (nSPS) is 25.9. The maximum Gasteiger partial charge on any atom is 0.329 e. The van der Waals surface area contributed by atoms with Crippen LogP contribution < -0.4 is 5.32 Å². The molecule has 0 aromatic heterocycles. The quantitative estimate of drug-likeness (QED) is 0.794. The highest BCUT2D eigenvalue weighted by Gasteiger charge is 2.46. The van der Waals surface area contributed by atoms with Gasteiger partial charge in [-0.2, -0.15) is 0 Å². The minimum Gasteiger partial charge on any atom is -0.480 e. The molecule has 104 valence electrons. The van der Waals surface area contributed by atoms with Crippen molar-refractivity contribution in [3.63, 3.8) is 0 Å². The van der Waals surface area contributed by atoms with Crippen LogP contribution in [-0.2, 0) is 4.79 Å². The second-order valence-corrected chi connectivity index (χ2v) is 6.37. The van der Waals surface area contributed by atoms with Crippen molar-refractivity contribution in [3.05, 3.63) is 0 Å². The van der Waals surface area contributed by atoms with Gasteiger partial charge in [0.2, 0.25) is 0 Å². The zero-order valence-corrected chi connectivity index (χ0v) is 11.9. The van der Waals surface area contributed by atoms with Crippen molar-refractivity contribution in [1.29, 1.82) is 0 Å². The van der Waals surface area contributed by atoms with E-state index in [0.717, 1.165) is 6.42 Å². The number of aliphatic carboxylic acids is 1. The van der Waals surface area contributed by atoms with Gasteiger partial charge < -0.3 is 15.3 Å². The van der Waals surface area contributed by atoms with Gasteiger partial charge in [0, 0.05) is 12.6 Å². The van der Waals surface area contributed by atoms with Crippen LogP contribution in [0.3, 0.4) is 0 Å². The molecule has 0 bridgehead atoms. The lowest BCUT2D eigenvalue weighted by Crippen LogP contribution is -2.56. The molecule has 1 saturated heterocycles. The first-order valence-electron chi connectivity index (χ1n) is 6.40. The molecule has 0 radical (unpaired) electrons. The third kappa shape index (κ3) is 2.76. The van der Waals surface area contributed by atoms with Crippen LogP contribution in [0.2, 0.25) is 0 Å². The Kier molecular flexibility index (Phi) is 3.93. The van der Waals surface area contributed by atoms with Crippen molar-refractivity contribution in [2.45, 2.75) is 59.0 Å². The Labute approximate surface area is 109 Å². The van der Waals surface area contributed by atoms with Gasteiger partial charge in [-0.3, -0.25) is 0 Å². The summed E-state index contributed by atoms with van der Waals surface area (Å²) in [5, 5.41) is 12.2. The molecular weight excluding hydrogens is 232 g/mol. The first-order valence-corrected chi connectivity index (χ1v) is 6.40. The maximum absolute atomic E-state index is 12.2. The largest absolute Gasteiger partial charge is 0.480 e. The highest BCUT2D eigenvalue weighted by Crippen LogP contribution is 2.29. The number of hydrogen-bond donors (Lipinski definition) is 2. The number of urea groups is 1. The summed E-state index contributed by atoms with van der Waals surface area (Å²) >= 11 is 0. The zero-order valence-electron chi connectivity index (χ0n) is 11.9. The number of carbonyl (C=O) groups excluding carboxylic acids is 1. The number of hydrogen-bond acceptors (Lipinski definition) is 2. The average molecular weight is 256 g/mol. The molecule has 2 atom stereocenters. The van der Waals surface area contributed by atoms with Crippen LogP contribution in [0.4, 0.5) is 4.79 Å². The van der Waals surface area contributed by atoms with Crippen LogP contribution in [-0.4, -0.2) is 40.1 Å². The standard InChI is InChI=1S/C13H24N2O3/c1-9(12(2,3)4)14-11(18)15-8-6-7-13(15,5)10(16)17/h9H,6-8H2,1-5H3,(H,14,18)(H,16,17). The molecule has 18 heavy (non-hydrogen) atoms. The second kappa shape index (κ2) is 4.78. The van der Waals surface area contributed by atoms with Gasteiger partial charge >= 0.3 is 12.0 Å². The smallest absolute Gasteiger partial charge is 0.329 e. The Bertz CT molecular complexity index is 349. The molecule has 2 N–H and O–H groups in total. The van der Waals surface area contributed by atoms with Crippen molar-refractivity contribution >= 4 is 12.0 Å². The molecule has 5 heteroatoms. The molecule has 2 unspecified atom stereocenters. The third-order valence-electron chi connectivity index (χ3n) is 3.99. The van der Waals surface area contributed by atoms with Crippen molar-refractivity contribution in [3.8, 4) is 0 Å². The topological polar surface area (TPSA) is 69.6 Å². The number of likely N-dealkylation sites (tertiary alicyclic amines) is 1. The number of nitrogens with one attached hydrogen (secondary N) is 1. The number of carboxylic acid groups (broad SMARTS) is 1. The van der Waals surface area contributed by atoms with E-state index >= 15 is 0 Å². The van der Waals surface area contributed by atoms with Crippen LogP contribution in [0, 0.1) is 5.41 Å². The van der Waals surface area contributed by atoms with Crippen LogP contribution in [0.1, 0.15) is 47.5 Å². The summed E-state index contributed by atoms with van der Waals surface area (Å²) in [6, 6.07) is -0.288. The Morgan fingerprint density at radius 3 is 2.39 bits per heavy atom. The predicted molar refractivity (Wildman–Crippen MR) is 69.4 cm³/mol. The maximum atomic E-state index is 12.2. The molecule has 1 aliphatic rings. The summed E-state index contributed by atoms with van der Waals surface area (Å²) in [5.74, 6) is -0.932. The SMILES string of the molecule is CC(NC(=O)N1CCCC1(C)C(=O)O)C(C)(C)C. The molecule has 1 fully saturated rings. The minimum atomic E-state index is -1.07. The molecule has 1 aliphatic heterocycles. The average Bonchev–Trinajstić information content (AvgIpc) is 2.60. The summed E-state index contributed by atoms with van der Waals surface area (Å²) in [4.78, 5) is 24.9. The highest BCUT2D eigenvalue weighted by molar-refractivity contribution is 5.86. The Morgan fingerprint density at radius 1 is 1.39 bits per heavy atom. The van der Waals surface area contributed by atoms with E-state index in [1.54, 1.807) is 6.92 Å². The van der Waals surface area contributed by atoms with Gasteiger partial charge in [0.25, 0.3) is 0 Å². The van der Waals surface area contributed by atoms with E-state index in [2.05, 4.69) is 5.32 Å². The summed E-state index contributed by atoms with van der Waals surface area (Å²) in [5.41, 5.74) is -1.11. The fourth-order valence-corrected chi connectivity index (χ4v) is 1.99. The van der Waals surface area contributed by atoms with Crippen molar-refractivity contribution in [1.82, 2.24) is 10.2 Å². The molecule has 1 rings (SSSR count). The van der Waals surface area contributed by atoms with Gasteiger partial charge in [-0.25, -0.2) is 9.59 Å². The Balaban J connectivity index is 2.76. The summed E-state index contributed by atoms with van der Waals surface area (Å²) in [6.45, 7) is 10.2. The second-order valence-electron chi connectivity index (χ2n) is 6.37. The van der Waals surface area contributed by atoms with Gasteiger partial charge in [-0.15, -0.1) is 0 Å². The molecule has 1 heterocycles. The number of rotatable bonds is 2. The van der Waals surface area contributed by atoms with Gasteiger partial charge in [0.05, 0.1) is 0 Å². The van der Waals surface area contributed by atoms with E-state index in [1.807, 2.05) is 27.7 Å². The molecule has 5 nitrogen and oxygen atoms in total. The van der Waals surface area contributed by atoms with Crippen LogP contribution in [0.25, 0.3) is 0 Å². The van der Waals surface area contributed by atoms with Crippen molar-refractivity contribution < 1.29 is 14.7 Å². The highest BCUT2D eigenvalue weighted by atomic mass is 16.4. The molecule has 0 aromatic carbocycles. The Hall–Kier alpha value is -1.26. The van der Waals surface area contributed by atoms with E-state index in [1.165, 1.54) is 4.90 Å². The molecule has 0 aliphatic carbocycles. The van der Waals surface area contributed by atoms with Crippen LogP contribution >= 0.6 is 0 Å². The lowest BCUT2D eigenvalue weighted by atomic mass is 9.88. The van der Waals surface area contributed by atoms with E-state index < -0.39 is 11.5 Å². The Morgan fingerprint density at radius 2 is 1.94 bits per heavy atom. The van der Waals surface area contributed by atoms with E-state index in [0.29, 0.717) is 13.0 Å². The fraction of sp³-hybridized carbons (Fsp3) is 0.846. The number of carbonyl (C=O) groups is 2. The molecule has 0 aromatic rings. The van der Waals surface area contributed by atoms with Gasteiger partial charge in [-0.1, -0.05) is 20.8 Å². The fourth-order valence-electron chi connectivity index (χ4n) is 1.99. The summed E-state index contributed by atoms with van der Waals surface area (Å²) < 4.78 is 0. The lowest BCUT2D eigenvalue weighted by molar-refractivity contribution is -0.147. The molecule has 0 spiro atoms. The first kappa shape index (κ1) is 14.8. The van der Waals surface area contributed by atoms with Crippen LogP contribution in [0.5, 0.6) is 0 Å². The first-order chi connectivity index (χ1) is 8.09. The summed E-state index contributed by atoms with van der Waals surface area (Å²) in [6.07, 6.45) is 1.25. The molecule has 2 amide bonds. The van der Waals surface area contributed by atoms with Crippen molar-refractivity contribution in [2.24, 2.45) is 5.41 Å². The molecular formula is C13H24N2O3. The van der Waals surface area contributed by atoms with Gasteiger partial charge in [-0.05, 0) is 32.1 Å². The molecule has 0 saturated carbocycles. The minimum absolute atomic E-state index is 0.0105. The number of carboxylic acids is 1. The van der Waals surface area contributed by atoms with Gasteiger partial charge in [0.15, 0.2) is 0 Å². The number of nitrogens with zero attached hydrogens (tertiary/aromatic N) is 1. The number of amides is 2. The third-order valence-corrected chi connectivity index (χ3v) is 3.99. The zero-order chi connectivity index (χ0) is 14.1. The van der Waals surface area contributed by atoms with Crippen LogP contribution in [0.15, 0.2) is 0 Å². The van der Waals surface area contributed by atoms with Gasteiger partial charge in [0.1, 0.15) is 5.54 Å². The monoisotopic (exact) mass is 256 g/mol. The predicted octanol–water partition coefficient (Wildman–Crippen LogP) is 2.07. The van der Waals surface area contributed by atoms with E-state index in [9.17, 15) is 14.7 Å². The van der Waals surface area contributed by atoms with E-state index in [-0.39, 0.29) is 17.5 Å². The van der Waals surface area contributed by atoms with E-state index in [4.69, 9.17) is 0 Å². The van der Waals surface area contributed by atoms with Crippen molar-refractivity contribution in [2.75, 3.05) is 6.54 Å².